The molecule has 0 aliphatic rings. The smallest absolute Gasteiger partial charge is 0.305 e. The van der Waals surface area contributed by atoms with E-state index in [0.717, 1.165) is 71.7 Å². The molecule has 41 heavy (non-hydrogen) atoms. The van der Waals surface area contributed by atoms with Crippen molar-refractivity contribution in [1.82, 2.24) is 4.98 Å². The van der Waals surface area contributed by atoms with Crippen molar-refractivity contribution in [1.29, 1.82) is 0 Å². The molecular formula is C34H38N2O5. The van der Waals surface area contributed by atoms with Crippen LogP contribution in [0.25, 0.3) is 11.5 Å². The highest BCUT2D eigenvalue weighted by Crippen LogP contribution is 2.23. The minimum absolute atomic E-state index is 0.116. The number of aryl methyl sites for hydroxylation is 1. The normalized spacial score (nSPS) is 11.3. The minimum Gasteiger partial charge on any atom is -0.487 e. The lowest BCUT2D eigenvalue weighted by Crippen LogP contribution is -2.04. The van der Waals surface area contributed by atoms with Crippen molar-refractivity contribution in [2.75, 3.05) is 6.61 Å². The summed E-state index contributed by atoms with van der Waals surface area (Å²) in [4.78, 5) is 21.9. The van der Waals surface area contributed by atoms with E-state index in [4.69, 9.17) is 18.7 Å². The average molecular weight is 555 g/mol. The molecule has 3 aromatic carbocycles. The largest absolute Gasteiger partial charge is 0.487 e. The van der Waals surface area contributed by atoms with Gasteiger partial charge in [-0.3, -0.25) is 4.79 Å². The van der Waals surface area contributed by atoms with Crippen LogP contribution in [0.15, 0.2) is 94.5 Å². The summed E-state index contributed by atoms with van der Waals surface area (Å²) < 4.78 is 16.8. The van der Waals surface area contributed by atoms with Crippen molar-refractivity contribution >= 4 is 11.7 Å². The van der Waals surface area contributed by atoms with Gasteiger partial charge < -0.3 is 18.7 Å². The molecule has 0 atom stereocenters. The molecule has 4 aromatic rings. The molecule has 0 N–H and O–H groups in total. The number of hydrogen-bond acceptors (Lipinski definition) is 7. The van der Waals surface area contributed by atoms with Crippen LogP contribution in [0.4, 0.5) is 0 Å². The topological polar surface area (TPSA) is 83.2 Å². The van der Waals surface area contributed by atoms with Crippen LogP contribution in [0.1, 0.15) is 68.0 Å². The van der Waals surface area contributed by atoms with Gasteiger partial charge in [-0.15, -0.1) is 0 Å². The fourth-order valence-corrected chi connectivity index (χ4v) is 4.31. The first kappa shape index (κ1) is 29.6. The number of ether oxygens (including phenoxy) is 2. The summed E-state index contributed by atoms with van der Waals surface area (Å²) >= 11 is 0. The molecule has 214 valence electrons. The summed E-state index contributed by atoms with van der Waals surface area (Å²) in [6, 6.07) is 27.7. The monoisotopic (exact) mass is 554 g/mol. The molecule has 0 fully saturated rings. The Bertz CT molecular complexity index is 1370. The number of carbonyl (C=O) groups is 1. The third-order valence-electron chi connectivity index (χ3n) is 6.58. The van der Waals surface area contributed by atoms with Crippen molar-refractivity contribution in [2.45, 2.75) is 65.6 Å². The van der Waals surface area contributed by atoms with Crippen LogP contribution in [0.2, 0.25) is 0 Å². The van der Waals surface area contributed by atoms with Crippen LogP contribution in [-0.2, 0) is 27.6 Å². The molecule has 1 aromatic heterocycles. The minimum atomic E-state index is -0.116. The number of oxime groups is 1. The highest BCUT2D eigenvalue weighted by molar-refractivity contribution is 6.00. The molecule has 0 unspecified atom stereocenters. The van der Waals surface area contributed by atoms with Crippen LogP contribution in [0.3, 0.4) is 0 Å². The van der Waals surface area contributed by atoms with Crippen LogP contribution < -0.4 is 4.74 Å². The second kappa shape index (κ2) is 16.0. The van der Waals surface area contributed by atoms with E-state index in [9.17, 15) is 4.79 Å². The third kappa shape index (κ3) is 9.64. The van der Waals surface area contributed by atoms with Crippen molar-refractivity contribution in [3.05, 3.63) is 108 Å². The van der Waals surface area contributed by atoms with Gasteiger partial charge in [0, 0.05) is 12.0 Å². The highest BCUT2D eigenvalue weighted by Gasteiger charge is 2.12. The first-order chi connectivity index (χ1) is 20.1. The van der Waals surface area contributed by atoms with Crippen LogP contribution in [-0.4, -0.2) is 23.3 Å². The fraction of sp³-hybridized carbons (Fsp3) is 0.324. The Kier molecular flexibility index (Phi) is 11.6. The summed E-state index contributed by atoms with van der Waals surface area (Å²) in [5.41, 5.74) is 4.69. The SMILES string of the molecule is CCOC(=O)CCCCCC/C(=N/OCc1ccc(OCc2nc(-c3ccccc3)oc2C)cc1)c1ccccc1. The van der Waals surface area contributed by atoms with E-state index in [0.29, 0.717) is 32.1 Å². The van der Waals surface area contributed by atoms with Crippen molar-refractivity contribution in [3.8, 4) is 17.2 Å². The van der Waals surface area contributed by atoms with Gasteiger partial charge in [-0.25, -0.2) is 4.98 Å². The van der Waals surface area contributed by atoms with Gasteiger partial charge in [-0.1, -0.05) is 78.7 Å². The molecule has 1 heterocycles. The predicted molar refractivity (Wildman–Crippen MR) is 160 cm³/mol. The molecule has 0 saturated carbocycles. The molecule has 0 amide bonds. The van der Waals surface area contributed by atoms with E-state index >= 15 is 0 Å². The number of unbranched alkanes of at least 4 members (excludes halogenated alkanes) is 3. The van der Waals surface area contributed by atoms with Crippen molar-refractivity contribution in [3.63, 3.8) is 0 Å². The second-order valence-electron chi connectivity index (χ2n) is 9.72. The fourth-order valence-electron chi connectivity index (χ4n) is 4.31. The van der Waals surface area contributed by atoms with Crippen LogP contribution >= 0.6 is 0 Å². The zero-order valence-electron chi connectivity index (χ0n) is 23.9. The van der Waals surface area contributed by atoms with Gasteiger partial charge >= 0.3 is 5.97 Å². The summed E-state index contributed by atoms with van der Waals surface area (Å²) in [5, 5.41) is 4.49. The number of rotatable bonds is 16. The average Bonchev–Trinajstić information content (AvgIpc) is 3.38. The van der Waals surface area contributed by atoms with Crippen LogP contribution in [0, 0.1) is 6.92 Å². The summed E-state index contributed by atoms with van der Waals surface area (Å²) in [6.07, 6.45) is 5.12. The van der Waals surface area contributed by atoms with E-state index in [1.807, 2.05) is 86.6 Å². The number of hydrogen-bond donors (Lipinski definition) is 0. The standard InChI is InChI=1S/C34H38N2O5/c1-3-38-33(37)19-13-5-4-12-18-31(28-14-8-6-9-15-28)36-40-24-27-20-22-30(23-21-27)39-25-32-26(2)41-34(35-32)29-16-10-7-11-17-29/h6-11,14-17,20-23H,3-5,12-13,18-19,24-25H2,1-2H3/b36-31-. The number of carbonyl (C=O) groups excluding carboxylic acids is 1. The van der Waals surface area contributed by atoms with E-state index in [1.165, 1.54) is 0 Å². The molecule has 0 spiro atoms. The lowest BCUT2D eigenvalue weighted by molar-refractivity contribution is -0.143. The van der Waals surface area contributed by atoms with Gasteiger partial charge in [0.2, 0.25) is 5.89 Å². The first-order valence-electron chi connectivity index (χ1n) is 14.3. The van der Waals surface area contributed by atoms with E-state index in [1.54, 1.807) is 0 Å². The molecule has 7 heteroatoms. The molecule has 0 aliphatic carbocycles. The van der Waals surface area contributed by atoms with Crippen molar-refractivity contribution < 1.29 is 23.5 Å². The van der Waals surface area contributed by atoms with E-state index in [2.05, 4.69) is 22.3 Å². The Hall–Kier alpha value is -4.39. The van der Waals surface area contributed by atoms with Gasteiger partial charge in [0.1, 0.15) is 30.4 Å². The maximum absolute atomic E-state index is 11.5. The maximum Gasteiger partial charge on any atom is 0.305 e. The van der Waals surface area contributed by atoms with Gasteiger partial charge in [-0.05, 0) is 68.5 Å². The van der Waals surface area contributed by atoms with Crippen molar-refractivity contribution in [2.24, 2.45) is 5.16 Å². The number of oxazole rings is 1. The first-order valence-corrected chi connectivity index (χ1v) is 14.3. The molecule has 4 rings (SSSR count). The lowest BCUT2D eigenvalue weighted by Gasteiger charge is -2.09. The third-order valence-corrected chi connectivity index (χ3v) is 6.58. The molecule has 0 radical (unpaired) electrons. The number of benzene rings is 3. The van der Waals surface area contributed by atoms with Gasteiger partial charge in [0.15, 0.2) is 0 Å². The lowest BCUT2D eigenvalue weighted by atomic mass is 10.0. The summed E-state index contributed by atoms with van der Waals surface area (Å²) in [6.45, 7) is 4.85. The van der Waals surface area contributed by atoms with Gasteiger partial charge in [-0.2, -0.15) is 0 Å². The predicted octanol–water partition coefficient (Wildman–Crippen LogP) is 8.05. The van der Waals surface area contributed by atoms with Crippen LogP contribution in [0.5, 0.6) is 5.75 Å². The molecule has 0 bridgehead atoms. The van der Waals surface area contributed by atoms with E-state index < -0.39 is 0 Å². The Morgan fingerprint density at radius 3 is 2.22 bits per heavy atom. The number of aromatic nitrogens is 1. The zero-order chi connectivity index (χ0) is 28.7. The summed E-state index contributed by atoms with van der Waals surface area (Å²) in [5.74, 6) is 1.97. The number of esters is 1. The van der Waals surface area contributed by atoms with E-state index in [-0.39, 0.29) is 5.97 Å². The summed E-state index contributed by atoms with van der Waals surface area (Å²) in [7, 11) is 0. The second-order valence-corrected chi connectivity index (χ2v) is 9.72. The number of nitrogens with zero attached hydrogens (tertiary/aromatic N) is 2. The molecule has 0 aliphatic heterocycles. The Morgan fingerprint density at radius 1 is 0.829 bits per heavy atom. The van der Waals surface area contributed by atoms with Gasteiger partial charge in [0.05, 0.1) is 12.3 Å². The highest BCUT2D eigenvalue weighted by atomic mass is 16.6. The Labute approximate surface area is 242 Å². The van der Waals surface area contributed by atoms with Gasteiger partial charge in [0.25, 0.3) is 0 Å². The molecule has 7 nitrogen and oxygen atoms in total. The Balaban J connectivity index is 1.25. The zero-order valence-corrected chi connectivity index (χ0v) is 23.9. The molecule has 0 saturated heterocycles. The maximum atomic E-state index is 11.5. The quantitative estimate of drug-likeness (QED) is 0.0603. The molecular weight excluding hydrogens is 516 g/mol. The Morgan fingerprint density at radius 2 is 1.51 bits per heavy atom.